The number of nitrogens with zero attached hydrogens (tertiary/aromatic N) is 1. The zero-order valence-electron chi connectivity index (χ0n) is 18.4. The molecule has 1 N–H and O–H groups in total. The summed E-state index contributed by atoms with van der Waals surface area (Å²) in [4.78, 5) is 2.79. The van der Waals surface area contributed by atoms with Gasteiger partial charge >= 0.3 is 0 Å². The molecule has 150 valence electrons. The van der Waals surface area contributed by atoms with Crippen molar-refractivity contribution in [3.05, 3.63) is 23.4 Å². The number of piperidine rings is 1. The lowest BCUT2D eigenvalue weighted by atomic mass is 9.83. The van der Waals surface area contributed by atoms with Crippen molar-refractivity contribution in [3.8, 4) is 0 Å². The van der Waals surface area contributed by atoms with E-state index in [-0.39, 0.29) is 5.41 Å². The van der Waals surface area contributed by atoms with Gasteiger partial charge in [-0.1, -0.05) is 52.7 Å². The lowest BCUT2D eigenvalue weighted by Gasteiger charge is -2.41. The molecule has 2 fully saturated rings. The van der Waals surface area contributed by atoms with Crippen LogP contribution in [0.1, 0.15) is 92.9 Å². The molecule has 0 unspecified atom stereocenters. The van der Waals surface area contributed by atoms with Crippen LogP contribution in [0.15, 0.2) is 23.4 Å². The Balaban J connectivity index is 1.83. The van der Waals surface area contributed by atoms with Crippen molar-refractivity contribution in [1.82, 2.24) is 10.2 Å². The molecule has 2 nitrogen and oxygen atoms in total. The van der Waals surface area contributed by atoms with Gasteiger partial charge in [0.25, 0.3) is 0 Å². The highest BCUT2D eigenvalue weighted by atomic mass is 15.2. The summed E-state index contributed by atoms with van der Waals surface area (Å²) in [5.41, 5.74) is 3.10. The van der Waals surface area contributed by atoms with Crippen molar-refractivity contribution in [3.63, 3.8) is 0 Å². The molecular weight excluding hydrogens is 316 g/mol. The van der Waals surface area contributed by atoms with Crippen molar-refractivity contribution >= 4 is 0 Å². The van der Waals surface area contributed by atoms with E-state index in [1.165, 1.54) is 69.3 Å². The standard InChI is InChI=1S/C24H44N2/c1-7-19-10-12-23(13-11-19)26-16-14-22(15-17-26)25-21(9-3)18-20(8-2)24(4,5)6/h9,18-19,22-23,25H,7-8,10-17H2,1-6H3/b20-18+,21-9+. The van der Waals surface area contributed by atoms with Crippen LogP contribution in [-0.4, -0.2) is 30.1 Å². The van der Waals surface area contributed by atoms with Crippen molar-refractivity contribution in [2.45, 2.75) is 105 Å². The SMILES string of the molecule is C/C=C(\C=C(/CC)C(C)(C)C)NC1CCN(C2CCC(CC)CC2)CC1. The number of allylic oxidation sites excluding steroid dienone is 3. The van der Waals surface area contributed by atoms with Crippen LogP contribution in [0.25, 0.3) is 0 Å². The quantitative estimate of drug-likeness (QED) is 0.559. The molecule has 1 aliphatic heterocycles. The number of nitrogens with one attached hydrogen (secondary N) is 1. The number of likely N-dealkylation sites (tertiary alicyclic amines) is 1. The number of hydrogen-bond donors (Lipinski definition) is 1. The van der Waals surface area contributed by atoms with E-state index in [2.05, 4.69) is 63.9 Å². The van der Waals surface area contributed by atoms with E-state index < -0.39 is 0 Å². The summed E-state index contributed by atoms with van der Waals surface area (Å²) in [7, 11) is 0. The van der Waals surface area contributed by atoms with E-state index in [0.717, 1.165) is 18.4 Å². The van der Waals surface area contributed by atoms with E-state index >= 15 is 0 Å². The van der Waals surface area contributed by atoms with Crippen molar-refractivity contribution in [2.24, 2.45) is 11.3 Å². The van der Waals surface area contributed by atoms with E-state index in [0.29, 0.717) is 6.04 Å². The molecule has 0 aromatic carbocycles. The van der Waals surface area contributed by atoms with E-state index in [4.69, 9.17) is 0 Å². The fourth-order valence-electron chi connectivity index (χ4n) is 4.81. The lowest BCUT2D eigenvalue weighted by molar-refractivity contribution is 0.103. The van der Waals surface area contributed by atoms with Crippen LogP contribution < -0.4 is 5.32 Å². The molecule has 2 heteroatoms. The van der Waals surface area contributed by atoms with Gasteiger partial charge in [-0.15, -0.1) is 0 Å². The minimum atomic E-state index is 0.255. The highest BCUT2D eigenvalue weighted by Gasteiger charge is 2.28. The predicted octanol–water partition coefficient (Wildman–Crippen LogP) is 6.30. The smallest absolute Gasteiger partial charge is 0.0298 e. The molecule has 1 aliphatic carbocycles. The summed E-state index contributed by atoms with van der Waals surface area (Å²) in [6.45, 7) is 16.3. The fraction of sp³-hybridized carbons (Fsp3) is 0.833. The minimum absolute atomic E-state index is 0.255. The fourth-order valence-corrected chi connectivity index (χ4v) is 4.81. The molecule has 2 aliphatic rings. The highest BCUT2D eigenvalue weighted by molar-refractivity contribution is 5.25. The molecule has 1 saturated heterocycles. The summed E-state index contributed by atoms with van der Waals surface area (Å²) in [5, 5.41) is 3.84. The molecule has 1 saturated carbocycles. The molecule has 0 amide bonds. The lowest BCUT2D eigenvalue weighted by Crippen LogP contribution is -2.47. The second-order valence-electron chi connectivity index (χ2n) is 9.55. The third kappa shape index (κ3) is 6.15. The topological polar surface area (TPSA) is 15.3 Å². The summed E-state index contributed by atoms with van der Waals surface area (Å²) >= 11 is 0. The maximum Gasteiger partial charge on any atom is 0.0298 e. The van der Waals surface area contributed by atoms with Gasteiger partial charge in [-0.3, -0.25) is 0 Å². The van der Waals surface area contributed by atoms with Gasteiger partial charge in [0.1, 0.15) is 0 Å². The van der Waals surface area contributed by atoms with Crippen LogP contribution in [-0.2, 0) is 0 Å². The van der Waals surface area contributed by atoms with Gasteiger partial charge in [0.05, 0.1) is 0 Å². The summed E-state index contributed by atoms with van der Waals surface area (Å²) in [6, 6.07) is 1.51. The number of hydrogen-bond acceptors (Lipinski definition) is 2. The highest BCUT2D eigenvalue weighted by Crippen LogP contribution is 2.31. The second kappa shape index (κ2) is 9.97. The first-order valence-corrected chi connectivity index (χ1v) is 11.2. The predicted molar refractivity (Wildman–Crippen MR) is 115 cm³/mol. The Labute approximate surface area is 163 Å². The van der Waals surface area contributed by atoms with Crippen LogP contribution in [0, 0.1) is 11.3 Å². The monoisotopic (exact) mass is 360 g/mol. The largest absolute Gasteiger partial charge is 0.382 e. The third-order valence-electron chi connectivity index (χ3n) is 6.80. The molecule has 26 heavy (non-hydrogen) atoms. The van der Waals surface area contributed by atoms with E-state index in [1.807, 2.05) is 0 Å². The van der Waals surface area contributed by atoms with Crippen LogP contribution in [0.4, 0.5) is 0 Å². The first-order valence-electron chi connectivity index (χ1n) is 11.2. The van der Waals surface area contributed by atoms with Gasteiger partial charge in [0.15, 0.2) is 0 Å². The van der Waals surface area contributed by atoms with E-state index in [1.54, 1.807) is 0 Å². The Morgan fingerprint density at radius 1 is 1.00 bits per heavy atom. The molecule has 0 spiro atoms. The second-order valence-corrected chi connectivity index (χ2v) is 9.55. The first kappa shape index (κ1) is 21.5. The Hall–Kier alpha value is -0.760. The van der Waals surface area contributed by atoms with Gasteiger partial charge in [0, 0.05) is 30.9 Å². The zero-order chi connectivity index (χ0) is 19.2. The third-order valence-corrected chi connectivity index (χ3v) is 6.80. The summed E-state index contributed by atoms with van der Waals surface area (Å²) in [5.74, 6) is 1.00. The number of rotatable bonds is 6. The van der Waals surface area contributed by atoms with Gasteiger partial charge in [-0.25, -0.2) is 0 Å². The Morgan fingerprint density at radius 3 is 2.08 bits per heavy atom. The van der Waals surface area contributed by atoms with Crippen LogP contribution in [0.5, 0.6) is 0 Å². The van der Waals surface area contributed by atoms with Gasteiger partial charge in [-0.2, -0.15) is 0 Å². The summed E-state index contributed by atoms with van der Waals surface area (Å²) in [6.07, 6.45) is 15.5. The molecule has 0 aromatic rings. The average molecular weight is 361 g/mol. The molecule has 1 heterocycles. The van der Waals surface area contributed by atoms with Crippen molar-refractivity contribution in [1.29, 1.82) is 0 Å². The first-order chi connectivity index (χ1) is 12.4. The van der Waals surface area contributed by atoms with Crippen LogP contribution in [0.3, 0.4) is 0 Å². The van der Waals surface area contributed by atoms with Crippen molar-refractivity contribution in [2.75, 3.05) is 13.1 Å². The molecule has 0 atom stereocenters. The Kier molecular flexibility index (Phi) is 8.26. The minimum Gasteiger partial charge on any atom is -0.382 e. The van der Waals surface area contributed by atoms with Gasteiger partial charge in [-0.05, 0) is 69.3 Å². The maximum absolute atomic E-state index is 3.84. The average Bonchev–Trinajstić information content (AvgIpc) is 2.64. The zero-order valence-corrected chi connectivity index (χ0v) is 18.4. The molecule has 0 radical (unpaired) electrons. The Morgan fingerprint density at radius 2 is 1.62 bits per heavy atom. The molecule has 2 rings (SSSR count). The van der Waals surface area contributed by atoms with Gasteiger partial charge < -0.3 is 10.2 Å². The molecule has 0 aromatic heterocycles. The molecular formula is C24H44N2. The van der Waals surface area contributed by atoms with Crippen LogP contribution in [0.2, 0.25) is 0 Å². The normalized spacial score (nSPS) is 27.6. The Bertz CT molecular complexity index is 467. The maximum atomic E-state index is 3.84. The van der Waals surface area contributed by atoms with Crippen LogP contribution >= 0.6 is 0 Å². The summed E-state index contributed by atoms with van der Waals surface area (Å²) < 4.78 is 0. The van der Waals surface area contributed by atoms with E-state index in [9.17, 15) is 0 Å². The molecule has 0 bridgehead atoms. The van der Waals surface area contributed by atoms with Crippen molar-refractivity contribution < 1.29 is 0 Å². The van der Waals surface area contributed by atoms with Gasteiger partial charge in [0.2, 0.25) is 0 Å².